The summed E-state index contributed by atoms with van der Waals surface area (Å²) in [5.41, 5.74) is 3.34. The van der Waals surface area contributed by atoms with Gasteiger partial charge in [-0.2, -0.15) is 29.8 Å². The van der Waals surface area contributed by atoms with Gasteiger partial charge >= 0.3 is 0 Å². The summed E-state index contributed by atoms with van der Waals surface area (Å²) < 4.78 is 36.2. The minimum absolute atomic E-state index is 0.376. The molecule has 0 radical (unpaired) electrons. The van der Waals surface area contributed by atoms with Crippen molar-refractivity contribution in [1.29, 1.82) is 0 Å². The molecule has 2 N–H and O–H groups in total. The van der Waals surface area contributed by atoms with Gasteiger partial charge in [-0.1, -0.05) is 60.7 Å². The molecule has 2 heterocycles. The van der Waals surface area contributed by atoms with Crippen molar-refractivity contribution in [2.45, 2.75) is 0 Å². The zero-order chi connectivity index (χ0) is 37.0. The average molecular weight is 741 g/mol. The molecule has 0 bridgehead atoms. The Morgan fingerprint density at radius 3 is 1.13 bits per heavy atom. The number of benzene rings is 4. The molecule has 2 aromatic heterocycles. The predicted molar refractivity (Wildman–Crippen MR) is 204 cm³/mol. The van der Waals surface area contributed by atoms with E-state index >= 15 is 0 Å². The first-order valence-corrected chi connectivity index (χ1v) is 16.3. The van der Waals surface area contributed by atoms with E-state index in [4.69, 9.17) is 52.9 Å². The van der Waals surface area contributed by atoms with Gasteiger partial charge in [0.2, 0.25) is 21.0 Å². The van der Waals surface area contributed by atoms with E-state index in [0.717, 1.165) is 22.3 Å². The zero-order valence-corrected chi connectivity index (χ0v) is 30.8. The van der Waals surface area contributed by atoms with Crippen molar-refractivity contribution < 1.29 is 28.4 Å². The van der Waals surface area contributed by atoms with E-state index in [0.29, 0.717) is 55.7 Å². The van der Waals surface area contributed by atoms with Gasteiger partial charge in [0.05, 0.1) is 55.1 Å². The Labute approximate surface area is 309 Å². The second-order valence-corrected chi connectivity index (χ2v) is 11.2. The number of H-pyrrole nitrogens is 2. The normalized spacial score (nSPS) is 10.9. The van der Waals surface area contributed by atoms with Crippen molar-refractivity contribution in [3.05, 3.63) is 106 Å². The van der Waals surface area contributed by atoms with Crippen molar-refractivity contribution in [3.8, 4) is 57.3 Å². The number of nitrogens with one attached hydrogen (secondary N) is 2. The highest BCUT2D eigenvalue weighted by Gasteiger charge is 2.19. The van der Waals surface area contributed by atoms with Crippen molar-refractivity contribution in [2.24, 2.45) is 10.2 Å². The van der Waals surface area contributed by atoms with Crippen LogP contribution in [-0.4, -0.2) is 84.8 Å². The number of rotatable bonds is 12. The van der Waals surface area contributed by atoms with Gasteiger partial charge in [-0.3, -0.25) is 0 Å². The number of aromatic nitrogens is 6. The number of nitrogens with zero attached hydrogens (tertiary/aromatic N) is 6. The number of methoxy groups -OCH3 is 6. The standard InChI is InChI=1S/2C18H18N4O3S/c2*1-23-14-9-13(10-15(24-2)16(14)25-3)17-20-21-18(26)22(17)19-11-12-7-5-4-6-8-12/h2*4-11H,1-3H3,(H,21,26). The van der Waals surface area contributed by atoms with E-state index in [1.807, 2.05) is 60.7 Å². The fourth-order valence-corrected chi connectivity index (χ4v) is 5.28. The molecule has 6 rings (SSSR count). The lowest BCUT2D eigenvalue weighted by molar-refractivity contribution is 0.324. The minimum Gasteiger partial charge on any atom is -0.493 e. The molecule has 0 aliphatic rings. The second-order valence-electron chi connectivity index (χ2n) is 10.5. The van der Waals surface area contributed by atoms with Crippen LogP contribution in [0.5, 0.6) is 34.5 Å². The Morgan fingerprint density at radius 1 is 0.519 bits per heavy atom. The molecule has 4 aromatic carbocycles. The number of aromatic amines is 2. The molecule has 16 heteroatoms. The Hall–Kier alpha value is -6.26. The van der Waals surface area contributed by atoms with Crippen molar-refractivity contribution in [2.75, 3.05) is 42.7 Å². The quantitative estimate of drug-likeness (QED) is 0.0990. The number of hydrogen-bond donors (Lipinski definition) is 2. The average Bonchev–Trinajstić information content (AvgIpc) is 3.76. The van der Waals surface area contributed by atoms with E-state index in [1.165, 1.54) is 0 Å². The van der Waals surface area contributed by atoms with Crippen LogP contribution in [0.1, 0.15) is 11.1 Å². The summed E-state index contributed by atoms with van der Waals surface area (Å²) in [5, 5.41) is 23.0. The van der Waals surface area contributed by atoms with Crippen LogP contribution in [0.25, 0.3) is 22.8 Å². The molecule has 52 heavy (non-hydrogen) atoms. The van der Waals surface area contributed by atoms with E-state index in [2.05, 4.69) is 30.6 Å². The molecule has 0 saturated heterocycles. The van der Waals surface area contributed by atoms with Gasteiger partial charge in [0, 0.05) is 11.1 Å². The first-order valence-electron chi connectivity index (χ1n) is 15.5. The van der Waals surface area contributed by atoms with Gasteiger partial charge in [-0.25, -0.2) is 10.2 Å². The van der Waals surface area contributed by atoms with Gasteiger partial charge in [-0.05, 0) is 59.8 Å². The number of ether oxygens (including phenoxy) is 6. The lowest BCUT2D eigenvalue weighted by atomic mass is 10.1. The van der Waals surface area contributed by atoms with Gasteiger partial charge in [0.25, 0.3) is 0 Å². The molecule has 0 fully saturated rings. The summed E-state index contributed by atoms with van der Waals surface area (Å²) in [4.78, 5) is 0. The van der Waals surface area contributed by atoms with Crippen LogP contribution in [0.3, 0.4) is 0 Å². The molecule has 0 aliphatic heterocycles. The lowest BCUT2D eigenvalue weighted by Crippen LogP contribution is -1.99. The summed E-state index contributed by atoms with van der Waals surface area (Å²) in [6.07, 6.45) is 3.43. The summed E-state index contributed by atoms with van der Waals surface area (Å²) >= 11 is 10.6. The highest BCUT2D eigenvalue weighted by Crippen LogP contribution is 2.42. The smallest absolute Gasteiger partial charge is 0.216 e. The predicted octanol–water partition coefficient (Wildman–Crippen LogP) is 7.03. The third kappa shape index (κ3) is 8.36. The Kier molecular flexibility index (Phi) is 12.5. The topological polar surface area (TPSA) is 147 Å². The summed E-state index contributed by atoms with van der Waals surface area (Å²) in [5.74, 6) is 4.16. The SMILES string of the molecule is COc1cc(-c2n[nH]c(=S)n2N=Cc2ccccc2)cc(OC)c1OC.COc1cc(-c2n[nH]c(=S)n2N=Cc2ccccc2)cc(OC)c1OC. The van der Waals surface area contributed by atoms with E-state index in [1.54, 1.807) is 88.7 Å². The summed E-state index contributed by atoms with van der Waals surface area (Å²) in [6.45, 7) is 0. The van der Waals surface area contributed by atoms with Crippen LogP contribution < -0.4 is 28.4 Å². The molecule has 0 spiro atoms. The number of hydrogen-bond acceptors (Lipinski definition) is 12. The van der Waals surface area contributed by atoms with E-state index in [9.17, 15) is 0 Å². The van der Waals surface area contributed by atoms with Gasteiger partial charge in [-0.15, -0.1) is 0 Å². The molecular formula is C36H36N8O6S2. The fourth-order valence-electron chi connectivity index (χ4n) is 4.92. The van der Waals surface area contributed by atoms with Gasteiger partial charge < -0.3 is 28.4 Å². The third-order valence-electron chi connectivity index (χ3n) is 7.39. The lowest BCUT2D eigenvalue weighted by Gasteiger charge is -2.13. The molecule has 0 saturated carbocycles. The van der Waals surface area contributed by atoms with Crippen LogP contribution >= 0.6 is 24.4 Å². The van der Waals surface area contributed by atoms with Crippen LogP contribution in [0, 0.1) is 9.54 Å². The molecule has 268 valence electrons. The summed E-state index contributed by atoms with van der Waals surface area (Å²) in [6, 6.07) is 26.6. The highest BCUT2D eigenvalue weighted by atomic mass is 32.1. The van der Waals surface area contributed by atoms with Crippen LogP contribution in [-0.2, 0) is 0 Å². The molecule has 0 unspecified atom stereocenters. The first-order chi connectivity index (χ1) is 25.3. The van der Waals surface area contributed by atoms with E-state index in [-0.39, 0.29) is 0 Å². The molecule has 0 atom stereocenters. The summed E-state index contributed by atoms with van der Waals surface area (Å²) in [7, 11) is 9.36. The molecule has 6 aromatic rings. The minimum atomic E-state index is 0.376. The Bertz CT molecular complexity index is 2070. The molecule has 0 aliphatic carbocycles. The first kappa shape index (κ1) is 37.0. The van der Waals surface area contributed by atoms with Gasteiger partial charge in [0.15, 0.2) is 34.6 Å². The van der Waals surface area contributed by atoms with Crippen LogP contribution in [0.15, 0.2) is 95.1 Å². The maximum Gasteiger partial charge on any atom is 0.216 e. The third-order valence-corrected chi connectivity index (χ3v) is 7.92. The molecule has 14 nitrogen and oxygen atoms in total. The highest BCUT2D eigenvalue weighted by molar-refractivity contribution is 7.71. The molecule has 0 amide bonds. The van der Waals surface area contributed by atoms with Crippen LogP contribution in [0.2, 0.25) is 0 Å². The van der Waals surface area contributed by atoms with E-state index < -0.39 is 0 Å². The van der Waals surface area contributed by atoms with Crippen molar-refractivity contribution >= 4 is 36.9 Å². The zero-order valence-electron chi connectivity index (χ0n) is 29.2. The largest absolute Gasteiger partial charge is 0.493 e. The van der Waals surface area contributed by atoms with Gasteiger partial charge in [0.1, 0.15) is 0 Å². The second kappa shape index (κ2) is 17.6. The monoisotopic (exact) mass is 740 g/mol. The molecular weight excluding hydrogens is 705 g/mol. The fraction of sp³-hybridized carbons (Fsp3) is 0.167. The maximum absolute atomic E-state index is 5.40. The Morgan fingerprint density at radius 2 is 0.846 bits per heavy atom. The Balaban J connectivity index is 0.000000201. The van der Waals surface area contributed by atoms with Crippen molar-refractivity contribution in [3.63, 3.8) is 0 Å². The maximum atomic E-state index is 5.40. The van der Waals surface area contributed by atoms with Crippen LogP contribution in [0.4, 0.5) is 0 Å². The van der Waals surface area contributed by atoms with Crippen molar-refractivity contribution in [1.82, 2.24) is 29.7 Å².